The van der Waals surface area contributed by atoms with Crippen molar-refractivity contribution in [3.05, 3.63) is 212 Å². The van der Waals surface area contributed by atoms with Gasteiger partial charge in [0.05, 0.1) is 11.2 Å². The molecule has 9 aromatic rings. The smallest absolute Gasteiger partial charge is 0.0645 e. The van der Waals surface area contributed by atoms with Crippen molar-refractivity contribution in [3.63, 3.8) is 0 Å². The summed E-state index contributed by atoms with van der Waals surface area (Å²) in [5.41, 5.74) is 9.09. The minimum atomic E-state index is -0.111. The molecule has 0 atom stereocenters. The predicted octanol–water partition coefficient (Wildman–Crippen LogP) is 14.1. The molecule has 0 bridgehead atoms. The van der Waals surface area contributed by atoms with E-state index < -0.39 is 0 Å². The predicted molar refractivity (Wildman–Crippen MR) is 218 cm³/mol. The lowest BCUT2D eigenvalue weighted by Gasteiger charge is -2.27. The molecule has 51 heavy (non-hydrogen) atoms. The molecule has 0 fully saturated rings. The van der Waals surface area contributed by atoms with Gasteiger partial charge in [-0.1, -0.05) is 182 Å². The minimum absolute atomic E-state index is 0.0893. The lowest BCUT2D eigenvalue weighted by atomic mass is 9.89. The van der Waals surface area contributed by atoms with Gasteiger partial charge in [-0.05, 0) is 91.0 Å². The van der Waals surface area contributed by atoms with Gasteiger partial charge in [-0.3, -0.25) is 0 Å². The second kappa shape index (κ2) is 13.3. The van der Waals surface area contributed by atoms with E-state index in [1.165, 1.54) is 0 Å². The number of anilines is 3. The van der Waals surface area contributed by atoms with Gasteiger partial charge in [0.25, 0.3) is 0 Å². The number of fused-ring (bicyclic) bond motifs is 2. The molecule has 9 aromatic carbocycles. The van der Waals surface area contributed by atoms with Crippen LogP contribution in [0.15, 0.2) is 212 Å². The Morgan fingerprint density at radius 2 is 0.824 bits per heavy atom. The first kappa shape index (κ1) is 26.2. The summed E-state index contributed by atoms with van der Waals surface area (Å²) >= 11 is 0. The van der Waals surface area contributed by atoms with Crippen LogP contribution in [0, 0.1) is 0 Å². The molecule has 0 spiro atoms. The van der Waals surface area contributed by atoms with Crippen molar-refractivity contribution in [2.75, 3.05) is 4.90 Å². The van der Waals surface area contributed by atoms with Gasteiger partial charge in [-0.2, -0.15) is 0 Å². The first-order valence-electron chi connectivity index (χ1n) is 19.2. The second-order valence-electron chi connectivity index (χ2n) is 12.6. The average molecular weight is 654 g/mol. The molecule has 0 radical (unpaired) electrons. The molecule has 1 heteroatoms. The van der Waals surface area contributed by atoms with Crippen LogP contribution in [-0.2, 0) is 0 Å². The van der Waals surface area contributed by atoms with Crippen molar-refractivity contribution in [2.24, 2.45) is 0 Å². The van der Waals surface area contributed by atoms with Crippen LogP contribution in [0.4, 0.5) is 17.1 Å². The molecule has 0 saturated heterocycles. The molecule has 0 saturated carbocycles. The molecule has 0 amide bonds. The molecular formula is C50H35N. The van der Waals surface area contributed by atoms with Crippen molar-refractivity contribution in [3.8, 4) is 44.5 Å². The lowest BCUT2D eigenvalue weighted by molar-refractivity contribution is 1.30. The van der Waals surface area contributed by atoms with Crippen LogP contribution in [0.2, 0.25) is 0 Å². The number of hydrogen-bond acceptors (Lipinski definition) is 1. The van der Waals surface area contributed by atoms with Gasteiger partial charge in [-0.15, -0.1) is 0 Å². The van der Waals surface area contributed by atoms with E-state index in [2.05, 4.69) is 72.8 Å². The third-order valence-corrected chi connectivity index (χ3v) is 9.55. The van der Waals surface area contributed by atoms with Crippen LogP contribution in [0.5, 0.6) is 0 Å². The highest BCUT2D eigenvalue weighted by molar-refractivity contribution is 6.05. The molecule has 9 rings (SSSR count). The van der Waals surface area contributed by atoms with E-state index in [1.54, 1.807) is 0 Å². The molecule has 0 heterocycles. The number of nitrogens with zero attached hydrogens (tertiary/aromatic N) is 1. The summed E-state index contributed by atoms with van der Waals surface area (Å²) < 4.78 is 37.6. The van der Waals surface area contributed by atoms with E-state index in [9.17, 15) is 5.48 Å². The second-order valence-corrected chi connectivity index (χ2v) is 12.6. The fraction of sp³-hybridized carbons (Fsp3) is 0. The standard InChI is InChI=1S/C50H35N/c1-3-12-36(13-4-1)37-22-24-38(25-23-37)39-26-31-44(32-27-39)51(49-21-11-18-40-16-7-9-19-46(40)49)45-33-28-43(29-34-45)50-47-20-10-8-17-42(47)30-35-48(50)41-14-5-2-6-15-41/h1-35H/i26D,27D,31D,32D. The Hall–Kier alpha value is -6.70. The molecule has 0 aliphatic heterocycles. The number of rotatable bonds is 7. The van der Waals surface area contributed by atoms with Crippen LogP contribution in [0.3, 0.4) is 0 Å². The Bertz CT molecular complexity index is 2800. The van der Waals surface area contributed by atoms with Gasteiger partial charge in [0.15, 0.2) is 0 Å². The van der Waals surface area contributed by atoms with Gasteiger partial charge < -0.3 is 4.90 Å². The zero-order valence-corrected chi connectivity index (χ0v) is 27.8. The quantitative estimate of drug-likeness (QED) is 0.165. The summed E-state index contributed by atoms with van der Waals surface area (Å²) in [6, 6.07) is 62.8. The molecule has 0 unspecified atom stereocenters. The third-order valence-electron chi connectivity index (χ3n) is 9.55. The van der Waals surface area contributed by atoms with Crippen molar-refractivity contribution in [2.45, 2.75) is 0 Å². The first-order valence-corrected chi connectivity index (χ1v) is 17.2. The zero-order chi connectivity index (χ0) is 37.5. The number of hydrogen-bond donors (Lipinski definition) is 0. The molecule has 0 aliphatic carbocycles. The summed E-state index contributed by atoms with van der Waals surface area (Å²) in [5.74, 6) is 0. The van der Waals surface area contributed by atoms with E-state index in [0.717, 1.165) is 66.3 Å². The van der Waals surface area contributed by atoms with Gasteiger partial charge in [0, 0.05) is 16.8 Å². The summed E-state index contributed by atoms with van der Waals surface area (Å²) in [5, 5.41) is 4.24. The van der Waals surface area contributed by atoms with Gasteiger partial charge in [-0.25, -0.2) is 0 Å². The van der Waals surface area contributed by atoms with E-state index in [-0.39, 0.29) is 35.4 Å². The van der Waals surface area contributed by atoms with Crippen molar-refractivity contribution >= 4 is 38.6 Å². The maximum Gasteiger partial charge on any atom is 0.0645 e. The molecular weight excluding hydrogens is 615 g/mol. The van der Waals surface area contributed by atoms with Crippen LogP contribution in [0.25, 0.3) is 66.1 Å². The van der Waals surface area contributed by atoms with Crippen molar-refractivity contribution in [1.82, 2.24) is 0 Å². The van der Waals surface area contributed by atoms with Crippen LogP contribution >= 0.6 is 0 Å². The maximum atomic E-state index is 9.49. The molecule has 0 aromatic heterocycles. The Balaban J connectivity index is 1.22. The Labute approximate surface area is 305 Å². The maximum absolute atomic E-state index is 9.49. The first-order chi connectivity index (χ1) is 27.0. The van der Waals surface area contributed by atoms with E-state index in [1.807, 2.05) is 120 Å². The molecule has 0 aliphatic rings. The van der Waals surface area contributed by atoms with Gasteiger partial charge in [0.1, 0.15) is 0 Å². The van der Waals surface area contributed by atoms with E-state index >= 15 is 0 Å². The van der Waals surface area contributed by atoms with Gasteiger partial charge >= 0.3 is 0 Å². The largest absolute Gasteiger partial charge is 0.310 e. The summed E-state index contributed by atoms with van der Waals surface area (Å²) in [7, 11) is 0. The van der Waals surface area contributed by atoms with Crippen LogP contribution < -0.4 is 4.90 Å². The van der Waals surface area contributed by atoms with Crippen LogP contribution in [0.1, 0.15) is 5.48 Å². The summed E-state index contributed by atoms with van der Waals surface area (Å²) in [6.45, 7) is 0. The zero-order valence-electron chi connectivity index (χ0n) is 31.8. The van der Waals surface area contributed by atoms with Crippen molar-refractivity contribution < 1.29 is 5.48 Å². The lowest BCUT2D eigenvalue weighted by Crippen LogP contribution is -2.10. The van der Waals surface area contributed by atoms with E-state index in [0.29, 0.717) is 5.56 Å². The molecule has 0 N–H and O–H groups in total. The summed E-state index contributed by atoms with van der Waals surface area (Å²) in [4.78, 5) is 1.89. The van der Waals surface area contributed by atoms with Gasteiger partial charge in [0.2, 0.25) is 0 Å². The van der Waals surface area contributed by atoms with Crippen LogP contribution in [-0.4, -0.2) is 0 Å². The number of benzene rings is 9. The summed E-state index contributed by atoms with van der Waals surface area (Å²) in [6.07, 6.45) is 0. The Morgan fingerprint density at radius 3 is 1.51 bits per heavy atom. The average Bonchev–Trinajstić information content (AvgIpc) is 3.25. The third kappa shape index (κ3) is 5.86. The van der Waals surface area contributed by atoms with E-state index in [4.69, 9.17) is 0 Å². The monoisotopic (exact) mass is 653 g/mol. The minimum Gasteiger partial charge on any atom is -0.310 e. The molecule has 240 valence electrons. The fourth-order valence-electron chi connectivity index (χ4n) is 7.03. The highest BCUT2D eigenvalue weighted by Gasteiger charge is 2.17. The fourth-order valence-corrected chi connectivity index (χ4v) is 7.03. The topological polar surface area (TPSA) is 3.24 Å². The molecule has 1 nitrogen and oxygen atoms in total. The Kier molecular flexibility index (Phi) is 6.84. The Morgan fingerprint density at radius 1 is 0.314 bits per heavy atom. The highest BCUT2D eigenvalue weighted by atomic mass is 15.1. The normalized spacial score (nSPS) is 12.2. The highest BCUT2D eigenvalue weighted by Crippen LogP contribution is 2.42. The SMILES string of the molecule is [2H]c1c([2H])c(N(c2ccc(-c3c(-c4ccccc4)ccc4ccccc34)cc2)c2cccc3ccccc23)c([2H])c([2H])c1-c1ccc(-c2ccccc2)cc1. The van der Waals surface area contributed by atoms with Crippen molar-refractivity contribution in [1.29, 1.82) is 0 Å².